The van der Waals surface area contributed by atoms with Crippen LogP contribution in [0.3, 0.4) is 0 Å². The first-order valence-corrected chi connectivity index (χ1v) is 4.84. The number of nitrogens with zero attached hydrogens (tertiary/aromatic N) is 1. The fourth-order valence-corrected chi connectivity index (χ4v) is 0.778. The van der Waals surface area contributed by atoms with Gasteiger partial charge in [0.1, 0.15) is 0 Å². The molecule has 0 aromatic carbocycles. The van der Waals surface area contributed by atoms with E-state index in [4.69, 9.17) is 11.5 Å². The van der Waals surface area contributed by atoms with Crippen LogP contribution >= 0.6 is 11.8 Å². The molecule has 4 heteroatoms. The Balaban J connectivity index is 3.54. The number of rotatable bonds is 5. The lowest BCUT2D eigenvalue weighted by molar-refractivity contribution is 1.14. The average Bonchev–Trinajstić information content (AvgIpc) is 2.05. The minimum absolute atomic E-state index is 0.458. The Kier molecular flexibility index (Phi) is 7.29. The molecule has 0 saturated carbocycles. The molecule has 0 fully saturated rings. The van der Waals surface area contributed by atoms with Crippen molar-refractivity contribution in [2.24, 2.45) is 16.5 Å². The molecule has 0 heterocycles. The molecule has 0 bridgehead atoms. The Hall–Kier alpha value is -0.480. The van der Waals surface area contributed by atoms with E-state index in [0.29, 0.717) is 6.54 Å². The molecule has 0 saturated heterocycles. The highest BCUT2D eigenvalue weighted by Gasteiger charge is 1.85. The zero-order valence-corrected chi connectivity index (χ0v) is 7.60. The lowest BCUT2D eigenvalue weighted by atomic mass is 10.3. The zero-order valence-electron chi connectivity index (χ0n) is 6.79. The van der Waals surface area contributed by atoms with Gasteiger partial charge in [-0.1, -0.05) is 0 Å². The zero-order chi connectivity index (χ0) is 8.53. The maximum atomic E-state index is 5.35. The predicted octanol–water partition coefficient (Wildman–Crippen LogP) is 0.222. The molecule has 0 rings (SSSR count). The van der Waals surface area contributed by atoms with Gasteiger partial charge in [-0.25, -0.2) is 0 Å². The Morgan fingerprint density at radius 3 is 2.82 bits per heavy atom. The number of hydrogen-bond acceptors (Lipinski definition) is 4. The number of hydrogen-bond donors (Lipinski definition) is 2. The molecule has 0 radical (unpaired) electrons. The Bertz CT molecular complexity index is 143. The van der Waals surface area contributed by atoms with Crippen molar-refractivity contribution < 1.29 is 0 Å². The summed E-state index contributed by atoms with van der Waals surface area (Å²) in [6, 6.07) is 0. The summed E-state index contributed by atoms with van der Waals surface area (Å²) in [5.41, 5.74) is 11.5. The van der Waals surface area contributed by atoms with Crippen LogP contribution in [0.25, 0.3) is 0 Å². The van der Waals surface area contributed by atoms with Crippen LogP contribution in [0.1, 0.15) is 0 Å². The average molecular weight is 173 g/mol. The summed E-state index contributed by atoms with van der Waals surface area (Å²) < 4.78 is 0. The largest absolute Gasteiger partial charge is 0.404 e. The van der Waals surface area contributed by atoms with Crippen molar-refractivity contribution in [3.05, 3.63) is 11.8 Å². The molecule has 0 aliphatic carbocycles. The van der Waals surface area contributed by atoms with Crippen molar-refractivity contribution in [3.8, 4) is 0 Å². The van der Waals surface area contributed by atoms with Crippen LogP contribution < -0.4 is 11.5 Å². The standard InChI is InChI=1S/C7H15N3S/c1-11-3-2-10-6-7(4-8)5-9/h4,6H,2-3,5,8-9H2,1H3/b7-4-,10-6?. The van der Waals surface area contributed by atoms with E-state index in [1.165, 1.54) is 6.20 Å². The van der Waals surface area contributed by atoms with Crippen LogP contribution in [0, 0.1) is 0 Å². The van der Waals surface area contributed by atoms with Crippen LogP contribution in [0.15, 0.2) is 16.8 Å². The first-order valence-electron chi connectivity index (χ1n) is 3.44. The maximum absolute atomic E-state index is 5.35. The van der Waals surface area contributed by atoms with Gasteiger partial charge >= 0.3 is 0 Å². The van der Waals surface area contributed by atoms with E-state index in [-0.39, 0.29) is 0 Å². The van der Waals surface area contributed by atoms with Crippen molar-refractivity contribution in [2.75, 3.05) is 25.1 Å². The Labute approximate surface area is 71.9 Å². The number of thioether (sulfide) groups is 1. The maximum Gasteiger partial charge on any atom is 0.0480 e. The molecule has 0 amide bonds. The molecule has 0 spiro atoms. The second kappa shape index (κ2) is 7.63. The summed E-state index contributed by atoms with van der Waals surface area (Å²) in [6.45, 7) is 1.29. The van der Waals surface area contributed by atoms with E-state index < -0.39 is 0 Å². The Morgan fingerprint density at radius 2 is 2.36 bits per heavy atom. The molecule has 0 aromatic heterocycles. The SMILES string of the molecule is CSCCN=C/C(=C\N)CN. The highest BCUT2D eigenvalue weighted by molar-refractivity contribution is 7.98. The van der Waals surface area contributed by atoms with Gasteiger partial charge in [0.25, 0.3) is 0 Å². The third-order valence-electron chi connectivity index (χ3n) is 1.13. The van der Waals surface area contributed by atoms with Crippen LogP contribution in [0.5, 0.6) is 0 Å². The highest BCUT2D eigenvalue weighted by Crippen LogP contribution is 1.90. The fourth-order valence-electron chi connectivity index (χ4n) is 0.490. The van der Waals surface area contributed by atoms with Crippen molar-refractivity contribution in [1.82, 2.24) is 0 Å². The van der Waals surface area contributed by atoms with Crippen molar-refractivity contribution >= 4 is 18.0 Å². The van der Waals surface area contributed by atoms with Gasteiger partial charge in [0.2, 0.25) is 0 Å². The van der Waals surface area contributed by atoms with Gasteiger partial charge in [-0.3, -0.25) is 4.99 Å². The first-order chi connectivity index (χ1) is 5.35. The van der Waals surface area contributed by atoms with E-state index in [1.54, 1.807) is 18.0 Å². The van der Waals surface area contributed by atoms with E-state index in [9.17, 15) is 0 Å². The normalized spacial score (nSPS) is 12.7. The lowest BCUT2D eigenvalue weighted by Gasteiger charge is -1.93. The number of aliphatic imine (C=N–C) groups is 1. The van der Waals surface area contributed by atoms with E-state index in [1.807, 2.05) is 0 Å². The summed E-state index contributed by atoms with van der Waals surface area (Å²) in [6.07, 6.45) is 5.27. The van der Waals surface area contributed by atoms with Gasteiger partial charge in [-0.05, 0) is 18.0 Å². The van der Waals surface area contributed by atoms with E-state index in [0.717, 1.165) is 17.9 Å². The highest BCUT2D eigenvalue weighted by atomic mass is 32.2. The monoisotopic (exact) mass is 173 g/mol. The summed E-state index contributed by atoms with van der Waals surface area (Å²) in [5, 5.41) is 0. The third-order valence-corrected chi connectivity index (χ3v) is 1.72. The summed E-state index contributed by atoms with van der Waals surface area (Å²) in [7, 11) is 0. The lowest BCUT2D eigenvalue weighted by Crippen LogP contribution is -2.06. The predicted molar refractivity (Wildman–Crippen MR) is 53.1 cm³/mol. The molecule has 0 aromatic rings. The first kappa shape index (κ1) is 10.5. The molecule has 0 aliphatic rings. The summed E-state index contributed by atoms with van der Waals surface area (Å²) >= 11 is 1.77. The minimum Gasteiger partial charge on any atom is -0.404 e. The summed E-state index contributed by atoms with van der Waals surface area (Å²) in [4.78, 5) is 4.13. The topological polar surface area (TPSA) is 64.4 Å². The van der Waals surface area contributed by atoms with E-state index in [2.05, 4.69) is 11.2 Å². The molecular weight excluding hydrogens is 158 g/mol. The van der Waals surface area contributed by atoms with Gasteiger partial charge in [-0.2, -0.15) is 11.8 Å². The molecular formula is C7H15N3S. The van der Waals surface area contributed by atoms with Crippen molar-refractivity contribution in [1.29, 1.82) is 0 Å². The molecule has 64 valence electrons. The van der Waals surface area contributed by atoms with Crippen LogP contribution in [-0.4, -0.2) is 31.3 Å². The van der Waals surface area contributed by atoms with Crippen molar-refractivity contribution in [3.63, 3.8) is 0 Å². The molecule has 4 N–H and O–H groups in total. The van der Waals surface area contributed by atoms with Gasteiger partial charge in [0.15, 0.2) is 0 Å². The number of nitrogens with two attached hydrogens (primary N) is 2. The second-order valence-corrected chi connectivity index (χ2v) is 2.96. The third kappa shape index (κ3) is 5.94. The van der Waals surface area contributed by atoms with Gasteiger partial charge in [0, 0.05) is 25.1 Å². The van der Waals surface area contributed by atoms with E-state index >= 15 is 0 Å². The van der Waals surface area contributed by atoms with Crippen molar-refractivity contribution in [2.45, 2.75) is 0 Å². The molecule has 11 heavy (non-hydrogen) atoms. The molecule has 0 atom stereocenters. The Morgan fingerprint density at radius 1 is 1.64 bits per heavy atom. The smallest absolute Gasteiger partial charge is 0.0480 e. The van der Waals surface area contributed by atoms with Crippen LogP contribution in [-0.2, 0) is 0 Å². The summed E-state index contributed by atoms with van der Waals surface area (Å²) in [5.74, 6) is 1.04. The van der Waals surface area contributed by atoms with Gasteiger partial charge in [0.05, 0.1) is 0 Å². The molecule has 3 nitrogen and oxygen atoms in total. The fraction of sp³-hybridized carbons (Fsp3) is 0.571. The van der Waals surface area contributed by atoms with Gasteiger partial charge in [-0.15, -0.1) is 0 Å². The second-order valence-electron chi connectivity index (χ2n) is 1.97. The minimum atomic E-state index is 0.458. The molecule has 0 aliphatic heterocycles. The van der Waals surface area contributed by atoms with Crippen LogP contribution in [0.2, 0.25) is 0 Å². The van der Waals surface area contributed by atoms with Gasteiger partial charge < -0.3 is 11.5 Å². The quantitative estimate of drug-likeness (QED) is 0.462. The molecule has 0 unspecified atom stereocenters. The van der Waals surface area contributed by atoms with Crippen LogP contribution in [0.4, 0.5) is 0 Å².